The highest BCUT2D eigenvalue weighted by molar-refractivity contribution is 9.10. The molecule has 0 aliphatic rings. The van der Waals surface area contributed by atoms with E-state index in [9.17, 15) is 9.90 Å². The van der Waals surface area contributed by atoms with E-state index in [1.165, 1.54) is 11.8 Å². The van der Waals surface area contributed by atoms with Crippen LogP contribution in [-0.2, 0) is 11.8 Å². The number of phenols is 1. The first-order valence-corrected chi connectivity index (χ1v) is 9.18. The molecule has 0 aliphatic heterocycles. The van der Waals surface area contributed by atoms with Crippen molar-refractivity contribution in [1.29, 1.82) is 0 Å². The Kier molecular flexibility index (Phi) is 5.40. The molecule has 0 fully saturated rings. The van der Waals surface area contributed by atoms with E-state index < -0.39 is 0 Å². The Hall–Kier alpha value is -2.32. The number of halogens is 1. The molecule has 3 aromatic rings. The first kappa shape index (κ1) is 17.5. The summed E-state index contributed by atoms with van der Waals surface area (Å²) in [5, 5.41) is 21.7. The number of nitrogens with one attached hydrogen (secondary N) is 1. The van der Waals surface area contributed by atoms with Crippen LogP contribution in [0.1, 0.15) is 0 Å². The second-order valence-corrected chi connectivity index (χ2v) is 7.09. The molecule has 128 valence electrons. The normalized spacial score (nSPS) is 10.6. The van der Waals surface area contributed by atoms with Crippen LogP contribution in [0.2, 0.25) is 0 Å². The third-order valence-corrected chi connectivity index (χ3v) is 4.94. The van der Waals surface area contributed by atoms with Crippen LogP contribution < -0.4 is 5.32 Å². The van der Waals surface area contributed by atoms with Gasteiger partial charge in [-0.2, -0.15) is 0 Å². The summed E-state index contributed by atoms with van der Waals surface area (Å²) in [4.78, 5) is 12.0. The van der Waals surface area contributed by atoms with Gasteiger partial charge in [0.25, 0.3) is 0 Å². The Bertz CT molecular complexity index is 899. The van der Waals surface area contributed by atoms with Crippen molar-refractivity contribution in [2.45, 2.75) is 5.16 Å². The van der Waals surface area contributed by atoms with Gasteiger partial charge in [-0.15, -0.1) is 10.2 Å². The second-order valence-electron chi connectivity index (χ2n) is 5.23. The molecule has 1 amide bonds. The highest BCUT2D eigenvalue weighted by atomic mass is 79.9. The number of thioether (sulfide) groups is 1. The summed E-state index contributed by atoms with van der Waals surface area (Å²) >= 11 is 4.66. The van der Waals surface area contributed by atoms with E-state index in [1.54, 1.807) is 29.8 Å². The van der Waals surface area contributed by atoms with Gasteiger partial charge in [0, 0.05) is 17.2 Å². The van der Waals surface area contributed by atoms with Crippen LogP contribution in [0.3, 0.4) is 0 Å². The zero-order chi connectivity index (χ0) is 17.8. The summed E-state index contributed by atoms with van der Waals surface area (Å²) < 4.78 is 2.59. The molecule has 0 atom stereocenters. The number of para-hydroxylation sites is 1. The number of aromatic nitrogens is 3. The molecule has 2 aromatic carbocycles. The highest BCUT2D eigenvalue weighted by Gasteiger charge is 2.16. The Labute approximate surface area is 157 Å². The van der Waals surface area contributed by atoms with Gasteiger partial charge in [-0.05, 0) is 30.3 Å². The number of phenolic OH excluding ortho intramolecular Hbond substituents is 1. The summed E-state index contributed by atoms with van der Waals surface area (Å²) in [5.74, 6) is 0.749. The molecule has 0 aliphatic carbocycles. The predicted octanol–water partition coefficient (Wildman–Crippen LogP) is 3.68. The summed E-state index contributed by atoms with van der Waals surface area (Å²) in [7, 11) is 1.80. The Morgan fingerprint density at radius 2 is 2.00 bits per heavy atom. The summed E-state index contributed by atoms with van der Waals surface area (Å²) in [6, 6.07) is 14.4. The maximum absolute atomic E-state index is 12.0. The molecule has 2 N–H and O–H groups in total. The molecule has 0 spiro atoms. The van der Waals surface area contributed by atoms with E-state index in [0.29, 0.717) is 16.5 Å². The average Bonchev–Trinajstić information content (AvgIpc) is 2.97. The Balaban J connectivity index is 1.69. The van der Waals surface area contributed by atoms with Crippen molar-refractivity contribution in [3.05, 3.63) is 53.0 Å². The molecule has 0 bridgehead atoms. The number of nitrogens with zero attached hydrogens (tertiary/aromatic N) is 3. The van der Waals surface area contributed by atoms with E-state index in [-0.39, 0.29) is 17.4 Å². The number of carbonyl (C=O) groups excluding carboxylic acids is 1. The highest BCUT2D eigenvalue weighted by Crippen LogP contribution is 2.32. The second kappa shape index (κ2) is 7.71. The maximum atomic E-state index is 12.0. The van der Waals surface area contributed by atoms with E-state index in [0.717, 1.165) is 10.2 Å². The maximum Gasteiger partial charge on any atom is 0.234 e. The molecule has 0 saturated heterocycles. The number of benzene rings is 2. The monoisotopic (exact) mass is 418 g/mol. The van der Waals surface area contributed by atoms with Gasteiger partial charge in [-0.1, -0.05) is 45.9 Å². The lowest BCUT2D eigenvalue weighted by Crippen LogP contribution is -2.14. The average molecular weight is 419 g/mol. The van der Waals surface area contributed by atoms with Crippen molar-refractivity contribution in [3.8, 4) is 17.1 Å². The standard InChI is InChI=1S/C17H15BrN4O2S/c1-22-16(13-9-11(18)7-8-14(13)23)20-21-17(22)25-10-15(24)19-12-5-3-2-4-6-12/h2-9,23H,10H2,1H3,(H,19,24). The largest absolute Gasteiger partial charge is 0.507 e. The summed E-state index contributed by atoms with van der Waals surface area (Å²) in [5.41, 5.74) is 1.33. The molecule has 8 heteroatoms. The van der Waals surface area contributed by atoms with Gasteiger partial charge in [0.1, 0.15) is 5.75 Å². The molecule has 1 aromatic heterocycles. The van der Waals surface area contributed by atoms with Crippen LogP contribution in [0.4, 0.5) is 5.69 Å². The van der Waals surface area contributed by atoms with Crippen molar-refractivity contribution in [2.24, 2.45) is 7.05 Å². The molecule has 3 rings (SSSR count). The molecule has 25 heavy (non-hydrogen) atoms. The van der Waals surface area contributed by atoms with E-state index >= 15 is 0 Å². The van der Waals surface area contributed by atoms with Crippen LogP contribution in [0.15, 0.2) is 58.2 Å². The number of hydrogen-bond acceptors (Lipinski definition) is 5. The number of rotatable bonds is 5. The van der Waals surface area contributed by atoms with Crippen molar-refractivity contribution in [3.63, 3.8) is 0 Å². The third kappa shape index (κ3) is 4.21. The van der Waals surface area contributed by atoms with Crippen molar-refractivity contribution >= 4 is 39.3 Å². The minimum absolute atomic E-state index is 0.119. The third-order valence-electron chi connectivity index (χ3n) is 3.42. The number of hydrogen-bond donors (Lipinski definition) is 2. The molecule has 6 nitrogen and oxygen atoms in total. The van der Waals surface area contributed by atoms with Gasteiger partial charge >= 0.3 is 0 Å². The Morgan fingerprint density at radius 1 is 1.24 bits per heavy atom. The van der Waals surface area contributed by atoms with Gasteiger partial charge in [0.2, 0.25) is 5.91 Å². The van der Waals surface area contributed by atoms with Crippen molar-refractivity contribution in [2.75, 3.05) is 11.1 Å². The lowest BCUT2D eigenvalue weighted by Gasteiger charge is -2.07. The van der Waals surface area contributed by atoms with Gasteiger partial charge in [0.15, 0.2) is 11.0 Å². The van der Waals surface area contributed by atoms with Gasteiger partial charge in [-0.3, -0.25) is 4.79 Å². The van der Waals surface area contributed by atoms with E-state index in [2.05, 4.69) is 31.4 Å². The first-order chi connectivity index (χ1) is 12.0. The topological polar surface area (TPSA) is 80.0 Å². The van der Waals surface area contributed by atoms with Crippen LogP contribution in [-0.4, -0.2) is 31.5 Å². The van der Waals surface area contributed by atoms with Crippen molar-refractivity contribution in [1.82, 2.24) is 14.8 Å². The zero-order valence-corrected chi connectivity index (χ0v) is 15.7. The lowest BCUT2D eigenvalue weighted by molar-refractivity contribution is -0.113. The molecule has 1 heterocycles. The van der Waals surface area contributed by atoms with E-state index in [1.807, 2.05) is 30.3 Å². The van der Waals surface area contributed by atoms with Crippen molar-refractivity contribution < 1.29 is 9.90 Å². The minimum Gasteiger partial charge on any atom is -0.507 e. The van der Waals surface area contributed by atoms with Crippen LogP contribution >= 0.6 is 27.7 Å². The molecule has 0 saturated carbocycles. The van der Waals surface area contributed by atoms with E-state index in [4.69, 9.17) is 0 Å². The Morgan fingerprint density at radius 3 is 2.76 bits per heavy atom. The van der Waals surface area contributed by atoms with Gasteiger partial charge < -0.3 is 15.0 Å². The zero-order valence-electron chi connectivity index (χ0n) is 13.3. The molecule has 0 unspecified atom stereocenters. The molecular formula is C17H15BrN4O2S. The molecular weight excluding hydrogens is 404 g/mol. The number of amides is 1. The fourth-order valence-electron chi connectivity index (χ4n) is 2.21. The van der Waals surface area contributed by atoms with Crippen LogP contribution in [0, 0.1) is 0 Å². The fraction of sp³-hybridized carbons (Fsp3) is 0.118. The number of anilines is 1. The predicted molar refractivity (Wildman–Crippen MR) is 102 cm³/mol. The summed E-state index contributed by atoms with van der Waals surface area (Å²) in [6.45, 7) is 0. The van der Waals surface area contributed by atoms with Crippen LogP contribution in [0.25, 0.3) is 11.4 Å². The number of aromatic hydroxyl groups is 1. The number of carbonyl (C=O) groups is 1. The van der Waals surface area contributed by atoms with Crippen LogP contribution in [0.5, 0.6) is 5.75 Å². The lowest BCUT2D eigenvalue weighted by atomic mass is 10.2. The fourth-order valence-corrected chi connectivity index (χ4v) is 3.28. The first-order valence-electron chi connectivity index (χ1n) is 7.40. The molecule has 0 radical (unpaired) electrons. The SMILES string of the molecule is Cn1c(SCC(=O)Nc2ccccc2)nnc1-c1cc(Br)ccc1O. The van der Waals surface area contributed by atoms with Gasteiger partial charge in [0.05, 0.1) is 11.3 Å². The summed E-state index contributed by atoms with van der Waals surface area (Å²) in [6.07, 6.45) is 0. The van der Waals surface area contributed by atoms with Gasteiger partial charge in [-0.25, -0.2) is 0 Å². The minimum atomic E-state index is -0.119. The quantitative estimate of drug-likeness (QED) is 0.617. The smallest absolute Gasteiger partial charge is 0.234 e.